The molecule has 8 heteroatoms. The number of ether oxygens (including phenoxy) is 1. The van der Waals surface area contributed by atoms with Crippen LogP contribution in [0.5, 0.6) is 5.75 Å². The van der Waals surface area contributed by atoms with Crippen LogP contribution in [0.2, 0.25) is 0 Å². The van der Waals surface area contributed by atoms with E-state index in [9.17, 15) is 13.2 Å². The Labute approximate surface area is 117 Å². The van der Waals surface area contributed by atoms with Crippen LogP contribution in [0, 0.1) is 0 Å². The van der Waals surface area contributed by atoms with Crippen molar-refractivity contribution < 1.29 is 17.9 Å². The third kappa shape index (κ3) is 3.76. The lowest BCUT2D eigenvalue weighted by molar-refractivity contribution is 0.0827. The number of benzene rings is 1. The van der Waals surface area contributed by atoms with Crippen molar-refractivity contribution >= 4 is 38.0 Å². The quantitative estimate of drug-likeness (QED) is 0.797. The zero-order valence-electron chi connectivity index (χ0n) is 10.0. The summed E-state index contributed by atoms with van der Waals surface area (Å²) in [6, 6.07) is 3.98. The molecule has 0 aliphatic carbocycles. The normalized spacial score (nSPS) is 10.4. The molecule has 1 amide bonds. The molecule has 0 saturated carbocycles. The Morgan fingerprint density at radius 2 is 1.89 bits per heavy atom. The molecule has 18 heavy (non-hydrogen) atoms. The summed E-state index contributed by atoms with van der Waals surface area (Å²) in [4.78, 5) is 12.9. The molecule has 0 spiro atoms. The summed E-state index contributed by atoms with van der Waals surface area (Å²) in [5.41, 5.74) is 0.330. The van der Waals surface area contributed by atoms with Gasteiger partial charge < -0.3 is 9.64 Å². The molecule has 0 aliphatic heterocycles. The summed E-state index contributed by atoms with van der Waals surface area (Å²) in [7, 11) is 5.85. The minimum Gasteiger partial charge on any atom is -0.495 e. The summed E-state index contributed by atoms with van der Waals surface area (Å²) in [5, 5.41) is 0. The van der Waals surface area contributed by atoms with Crippen molar-refractivity contribution in [3.05, 3.63) is 23.8 Å². The van der Waals surface area contributed by atoms with Crippen LogP contribution >= 0.6 is 23.1 Å². The maximum absolute atomic E-state index is 11.7. The molecule has 0 saturated heterocycles. The Balaban J connectivity index is 0.00000289. The van der Waals surface area contributed by atoms with Crippen LogP contribution in [0.3, 0.4) is 0 Å². The minimum atomic E-state index is -3.89. The first-order valence-electron chi connectivity index (χ1n) is 4.61. The Kier molecular flexibility index (Phi) is 5.92. The summed E-state index contributed by atoms with van der Waals surface area (Å²) in [5.74, 6) is -0.200. The number of hydrogen-bond acceptors (Lipinski definition) is 4. The predicted octanol–water partition coefficient (Wildman–Crippen LogP) is 1.75. The number of methoxy groups -OCH3 is 1. The van der Waals surface area contributed by atoms with Crippen molar-refractivity contribution in [2.24, 2.45) is 0 Å². The maximum atomic E-state index is 11.7. The molecule has 0 fully saturated rings. The van der Waals surface area contributed by atoms with Crippen molar-refractivity contribution in [3.63, 3.8) is 0 Å². The number of rotatable bonds is 3. The molecule has 0 atom stereocenters. The smallest absolute Gasteiger partial charge is 0.264 e. The first kappa shape index (κ1) is 17.0. The summed E-state index contributed by atoms with van der Waals surface area (Å²) >= 11 is 0. The fraction of sp³-hybridized carbons (Fsp3) is 0.300. The van der Waals surface area contributed by atoms with Gasteiger partial charge in [0.15, 0.2) is 0 Å². The largest absolute Gasteiger partial charge is 0.495 e. The first-order valence-corrected chi connectivity index (χ1v) is 6.92. The molecule has 0 aromatic heterocycles. The van der Waals surface area contributed by atoms with E-state index in [1.165, 1.54) is 30.2 Å². The lowest BCUT2D eigenvalue weighted by Gasteiger charge is -2.12. The van der Waals surface area contributed by atoms with Gasteiger partial charge in [0.1, 0.15) is 10.6 Å². The van der Waals surface area contributed by atoms with Gasteiger partial charge in [-0.1, -0.05) is 0 Å². The highest BCUT2D eigenvalue weighted by Gasteiger charge is 2.19. The lowest BCUT2D eigenvalue weighted by Crippen LogP contribution is -2.21. The van der Waals surface area contributed by atoms with Crippen molar-refractivity contribution in [2.45, 2.75) is 4.90 Å². The van der Waals surface area contributed by atoms with Gasteiger partial charge in [-0.15, -0.1) is 12.4 Å². The minimum absolute atomic E-state index is 0. The molecule has 0 aliphatic rings. The van der Waals surface area contributed by atoms with Crippen molar-refractivity contribution in [3.8, 4) is 5.75 Å². The zero-order chi connectivity index (χ0) is 13.2. The molecule has 5 nitrogen and oxygen atoms in total. The number of carbonyl (C=O) groups excluding carboxylic acids is 1. The van der Waals surface area contributed by atoms with Gasteiger partial charge in [0.05, 0.1) is 7.11 Å². The highest BCUT2D eigenvalue weighted by Crippen LogP contribution is 2.28. The monoisotopic (exact) mass is 313 g/mol. The van der Waals surface area contributed by atoms with Gasteiger partial charge >= 0.3 is 0 Å². The van der Waals surface area contributed by atoms with E-state index < -0.39 is 9.05 Å². The standard InChI is InChI=1S/C10H12ClNO4S.ClH/c1-12(2)10(13)7-4-5-9(17(11,14)15)8(6-7)16-3;/h4-6H,1-3H3;1H. The fourth-order valence-corrected chi connectivity index (χ4v) is 2.26. The number of nitrogens with zero attached hydrogens (tertiary/aromatic N) is 1. The molecule has 0 unspecified atom stereocenters. The van der Waals surface area contributed by atoms with Gasteiger partial charge in [-0.05, 0) is 18.2 Å². The Bertz CT molecular complexity index is 543. The molecule has 0 heterocycles. The number of carbonyl (C=O) groups is 1. The Morgan fingerprint density at radius 3 is 2.28 bits per heavy atom. The van der Waals surface area contributed by atoms with Gasteiger partial charge in [0, 0.05) is 30.3 Å². The van der Waals surface area contributed by atoms with Gasteiger partial charge in [-0.3, -0.25) is 4.79 Å². The van der Waals surface area contributed by atoms with Crippen molar-refractivity contribution in [1.29, 1.82) is 0 Å². The van der Waals surface area contributed by atoms with Crippen LogP contribution in [0.4, 0.5) is 0 Å². The predicted molar refractivity (Wildman–Crippen MR) is 71.3 cm³/mol. The third-order valence-corrected chi connectivity index (χ3v) is 3.44. The molecule has 102 valence electrons. The second-order valence-electron chi connectivity index (χ2n) is 3.50. The van der Waals surface area contributed by atoms with Crippen LogP contribution in [-0.4, -0.2) is 40.4 Å². The number of amides is 1. The van der Waals surface area contributed by atoms with E-state index in [0.717, 1.165) is 0 Å². The summed E-state index contributed by atoms with van der Waals surface area (Å²) in [6.07, 6.45) is 0. The van der Waals surface area contributed by atoms with Gasteiger partial charge in [-0.2, -0.15) is 0 Å². The molecule has 0 N–H and O–H groups in total. The second kappa shape index (κ2) is 6.26. The molecule has 0 bridgehead atoms. The molecule has 0 radical (unpaired) electrons. The van der Waals surface area contributed by atoms with Crippen LogP contribution in [0.25, 0.3) is 0 Å². The number of hydrogen-bond donors (Lipinski definition) is 0. The molecular weight excluding hydrogens is 301 g/mol. The Morgan fingerprint density at radius 1 is 1.33 bits per heavy atom. The lowest BCUT2D eigenvalue weighted by atomic mass is 10.2. The molecule has 1 rings (SSSR count). The second-order valence-corrected chi connectivity index (χ2v) is 6.04. The van der Waals surface area contributed by atoms with Gasteiger partial charge in [-0.25, -0.2) is 8.42 Å². The third-order valence-electron chi connectivity index (χ3n) is 2.08. The highest BCUT2D eigenvalue weighted by atomic mass is 35.7. The summed E-state index contributed by atoms with van der Waals surface area (Å²) < 4.78 is 27.3. The van der Waals surface area contributed by atoms with Crippen LogP contribution in [0.15, 0.2) is 23.1 Å². The van der Waals surface area contributed by atoms with E-state index >= 15 is 0 Å². The van der Waals surface area contributed by atoms with E-state index in [4.69, 9.17) is 15.4 Å². The highest BCUT2D eigenvalue weighted by molar-refractivity contribution is 8.13. The molecule has 1 aromatic carbocycles. The zero-order valence-corrected chi connectivity index (χ0v) is 12.4. The van der Waals surface area contributed by atoms with Gasteiger partial charge in [0.25, 0.3) is 15.0 Å². The Hall–Kier alpha value is -0.980. The van der Waals surface area contributed by atoms with Crippen LogP contribution < -0.4 is 4.74 Å². The fourth-order valence-electron chi connectivity index (χ4n) is 1.26. The van der Waals surface area contributed by atoms with E-state index in [1.54, 1.807) is 14.1 Å². The van der Waals surface area contributed by atoms with Crippen LogP contribution in [-0.2, 0) is 9.05 Å². The van der Waals surface area contributed by atoms with E-state index in [2.05, 4.69) is 0 Å². The van der Waals surface area contributed by atoms with E-state index in [-0.39, 0.29) is 29.0 Å². The molecule has 1 aromatic rings. The number of halogens is 2. The van der Waals surface area contributed by atoms with E-state index in [1.807, 2.05) is 0 Å². The van der Waals surface area contributed by atoms with Gasteiger partial charge in [0.2, 0.25) is 0 Å². The average Bonchev–Trinajstić information content (AvgIpc) is 2.25. The SMILES string of the molecule is COc1cc(C(=O)N(C)C)ccc1S(=O)(=O)Cl.Cl. The van der Waals surface area contributed by atoms with E-state index in [0.29, 0.717) is 5.56 Å². The van der Waals surface area contributed by atoms with Crippen LogP contribution in [0.1, 0.15) is 10.4 Å². The maximum Gasteiger partial charge on any atom is 0.264 e. The van der Waals surface area contributed by atoms with Crippen molar-refractivity contribution in [1.82, 2.24) is 4.90 Å². The molecular formula is C10H13Cl2NO4S. The summed E-state index contributed by atoms with van der Waals surface area (Å²) in [6.45, 7) is 0. The topological polar surface area (TPSA) is 63.7 Å². The first-order chi connectivity index (χ1) is 7.77. The van der Waals surface area contributed by atoms with Crippen molar-refractivity contribution in [2.75, 3.05) is 21.2 Å². The average molecular weight is 314 g/mol.